The Labute approximate surface area is 196 Å². The Bertz CT molecular complexity index is 1160. The van der Waals surface area contributed by atoms with E-state index in [0.717, 1.165) is 37.8 Å². The minimum Gasteiger partial charge on any atom is -0.361 e. The summed E-state index contributed by atoms with van der Waals surface area (Å²) < 4.78 is 0. The van der Waals surface area contributed by atoms with Gasteiger partial charge in [-0.2, -0.15) is 0 Å². The number of amides is 1. The number of benzene rings is 1. The summed E-state index contributed by atoms with van der Waals surface area (Å²) in [4.78, 5) is 23.3. The fourth-order valence-corrected chi connectivity index (χ4v) is 6.74. The molecule has 2 N–H and O–H groups in total. The van der Waals surface area contributed by atoms with Crippen LogP contribution in [0.15, 0.2) is 42.9 Å². The Morgan fingerprint density at radius 3 is 2.94 bits per heavy atom. The molecule has 0 bridgehead atoms. The van der Waals surface area contributed by atoms with Gasteiger partial charge in [0, 0.05) is 35.2 Å². The molecule has 6 rings (SSSR count). The fraction of sp³-hybridized carbons (Fsp3) is 0.500. The van der Waals surface area contributed by atoms with E-state index in [1.165, 1.54) is 72.9 Å². The second kappa shape index (κ2) is 8.60. The third kappa shape index (κ3) is 3.67. The maximum absolute atomic E-state index is 13.0. The number of anilines is 1. The number of unbranched alkanes of at least 4 members (excludes halogenated alkanes) is 2. The summed E-state index contributed by atoms with van der Waals surface area (Å²) in [7, 11) is 0. The van der Waals surface area contributed by atoms with Gasteiger partial charge in [-0.05, 0) is 99.3 Å². The number of aryl methyl sites for hydroxylation is 1. The van der Waals surface area contributed by atoms with Crippen LogP contribution in [-0.4, -0.2) is 40.4 Å². The van der Waals surface area contributed by atoms with Gasteiger partial charge in [-0.1, -0.05) is 25.0 Å². The lowest BCUT2D eigenvalue weighted by atomic mass is 9.68. The van der Waals surface area contributed by atoms with Crippen molar-refractivity contribution in [3.63, 3.8) is 0 Å². The highest BCUT2D eigenvalue weighted by Gasteiger charge is 2.48. The second-order valence-electron chi connectivity index (χ2n) is 10.3. The first-order valence-electron chi connectivity index (χ1n) is 12.8. The number of piperidine rings is 1. The minimum absolute atomic E-state index is 0.249. The van der Waals surface area contributed by atoms with E-state index in [0.29, 0.717) is 5.92 Å². The lowest BCUT2D eigenvalue weighted by molar-refractivity contribution is -0.121. The molecule has 4 heterocycles. The Morgan fingerprint density at radius 2 is 2.03 bits per heavy atom. The maximum Gasteiger partial charge on any atom is 0.235 e. The second-order valence-corrected chi connectivity index (χ2v) is 10.3. The number of hydrogen-bond donors (Lipinski definition) is 2. The van der Waals surface area contributed by atoms with Gasteiger partial charge in [0.1, 0.15) is 0 Å². The predicted molar refractivity (Wildman–Crippen MR) is 133 cm³/mol. The van der Waals surface area contributed by atoms with E-state index in [-0.39, 0.29) is 11.3 Å². The molecule has 1 aliphatic carbocycles. The first-order chi connectivity index (χ1) is 16.2. The van der Waals surface area contributed by atoms with Crippen LogP contribution in [0.3, 0.4) is 0 Å². The number of aromatic nitrogens is 2. The molecule has 1 saturated heterocycles. The van der Waals surface area contributed by atoms with Crippen LogP contribution in [0.4, 0.5) is 5.69 Å². The molecule has 33 heavy (non-hydrogen) atoms. The van der Waals surface area contributed by atoms with E-state index in [2.05, 4.69) is 50.6 Å². The molecule has 5 heteroatoms. The van der Waals surface area contributed by atoms with Crippen LogP contribution in [0, 0.1) is 0 Å². The summed E-state index contributed by atoms with van der Waals surface area (Å²) >= 11 is 0. The van der Waals surface area contributed by atoms with Crippen molar-refractivity contribution >= 4 is 22.5 Å². The lowest BCUT2D eigenvalue weighted by Crippen LogP contribution is -2.37. The number of H-pyrrole nitrogens is 1. The Morgan fingerprint density at radius 1 is 1.12 bits per heavy atom. The quantitative estimate of drug-likeness (QED) is 0.473. The fourth-order valence-electron chi connectivity index (χ4n) is 6.74. The van der Waals surface area contributed by atoms with Crippen LogP contribution in [-0.2, 0) is 16.6 Å². The average Bonchev–Trinajstić information content (AvgIpc) is 3.40. The van der Waals surface area contributed by atoms with Crippen LogP contribution in [0.1, 0.15) is 74.0 Å². The summed E-state index contributed by atoms with van der Waals surface area (Å²) in [5.41, 5.74) is 6.19. The van der Waals surface area contributed by atoms with Gasteiger partial charge in [0.25, 0.3) is 0 Å². The number of likely N-dealkylation sites (tertiary alicyclic amines) is 1. The van der Waals surface area contributed by atoms with Gasteiger partial charge in [0.15, 0.2) is 0 Å². The Balaban J connectivity index is 0.987. The normalized spacial score (nSPS) is 23.1. The molecule has 0 saturated carbocycles. The molecular formula is C28H34N4O. The zero-order valence-corrected chi connectivity index (χ0v) is 19.4. The number of hydrogen-bond acceptors (Lipinski definition) is 3. The number of nitrogens with one attached hydrogen (secondary N) is 2. The van der Waals surface area contributed by atoms with Gasteiger partial charge in [-0.3, -0.25) is 9.78 Å². The number of rotatable bonds is 7. The van der Waals surface area contributed by atoms with Crippen molar-refractivity contribution in [3.05, 3.63) is 59.5 Å². The standard InChI is InChI=1S/C28H34N4O/c33-27-28(13-5-7-21-6-4-8-25(31-27)26(21)28)12-2-1-3-15-32-16-10-20(11-17-32)22-19-30-24-9-14-29-18-23(22)24/h4,6,8-9,14,18-20,30H,1-3,5,7,10-13,15-17H2,(H,31,33). The van der Waals surface area contributed by atoms with E-state index in [1.54, 1.807) is 0 Å². The summed E-state index contributed by atoms with van der Waals surface area (Å²) in [6.45, 7) is 3.55. The summed E-state index contributed by atoms with van der Waals surface area (Å²) in [6.07, 6.45) is 16.3. The highest BCUT2D eigenvalue weighted by molar-refractivity contribution is 6.07. The van der Waals surface area contributed by atoms with Gasteiger partial charge in [-0.25, -0.2) is 0 Å². The molecule has 2 aliphatic heterocycles. The molecule has 1 aromatic carbocycles. The third-order valence-electron chi connectivity index (χ3n) is 8.48. The largest absolute Gasteiger partial charge is 0.361 e. The third-order valence-corrected chi connectivity index (χ3v) is 8.48. The van der Waals surface area contributed by atoms with Gasteiger partial charge < -0.3 is 15.2 Å². The molecule has 0 spiro atoms. The van der Waals surface area contributed by atoms with Gasteiger partial charge in [-0.15, -0.1) is 0 Å². The van der Waals surface area contributed by atoms with Crippen LogP contribution in [0.5, 0.6) is 0 Å². The smallest absolute Gasteiger partial charge is 0.235 e. The van der Waals surface area contributed by atoms with Gasteiger partial charge in [0.05, 0.1) is 5.41 Å². The predicted octanol–water partition coefficient (Wildman–Crippen LogP) is 5.53. The monoisotopic (exact) mass is 442 g/mol. The minimum atomic E-state index is -0.253. The number of carbonyl (C=O) groups is 1. The van der Waals surface area contributed by atoms with Gasteiger partial charge in [0.2, 0.25) is 5.91 Å². The molecular weight excluding hydrogens is 408 g/mol. The highest BCUT2D eigenvalue weighted by Crippen LogP contribution is 2.49. The zero-order chi connectivity index (χ0) is 22.3. The van der Waals surface area contributed by atoms with E-state index in [1.807, 2.05) is 12.4 Å². The van der Waals surface area contributed by atoms with Crippen LogP contribution >= 0.6 is 0 Å². The van der Waals surface area contributed by atoms with Crippen molar-refractivity contribution in [1.82, 2.24) is 14.9 Å². The van der Waals surface area contributed by atoms with Crippen molar-refractivity contribution in [2.45, 2.75) is 69.1 Å². The molecule has 3 aliphatic rings. The Hall–Kier alpha value is -2.66. The van der Waals surface area contributed by atoms with Crippen molar-refractivity contribution < 1.29 is 4.79 Å². The van der Waals surface area contributed by atoms with Crippen LogP contribution < -0.4 is 5.32 Å². The molecule has 3 aromatic rings. The first kappa shape index (κ1) is 20.9. The first-order valence-corrected chi connectivity index (χ1v) is 12.8. The van der Waals surface area contributed by atoms with Crippen LogP contribution in [0.2, 0.25) is 0 Å². The summed E-state index contributed by atoms with van der Waals surface area (Å²) in [6, 6.07) is 8.47. The molecule has 0 radical (unpaired) electrons. The highest BCUT2D eigenvalue weighted by atomic mass is 16.2. The number of aromatic amines is 1. The van der Waals surface area contributed by atoms with E-state index in [9.17, 15) is 4.79 Å². The number of fused-ring (bicyclic) bond motifs is 1. The van der Waals surface area contributed by atoms with E-state index in [4.69, 9.17) is 0 Å². The molecule has 172 valence electrons. The summed E-state index contributed by atoms with van der Waals surface area (Å²) in [5, 5.41) is 4.48. The van der Waals surface area contributed by atoms with Crippen molar-refractivity contribution in [2.75, 3.05) is 25.0 Å². The molecule has 1 atom stereocenters. The SMILES string of the molecule is O=C1Nc2cccc3c2C1(CCCCCN1CCC(c2c[nH]c4ccncc24)CC1)CCC3. The Kier molecular flexibility index (Phi) is 5.45. The lowest BCUT2D eigenvalue weighted by Gasteiger charge is -2.33. The van der Waals surface area contributed by atoms with Crippen molar-refractivity contribution in [3.8, 4) is 0 Å². The zero-order valence-electron chi connectivity index (χ0n) is 19.4. The molecule has 1 fully saturated rings. The van der Waals surface area contributed by atoms with E-state index >= 15 is 0 Å². The molecule has 2 aromatic heterocycles. The van der Waals surface area contributed by atoms with Crippen LogP contribution in [0.25, 0.3) is 10.9 Å². The molecule has 1 unspecified atom stereocenters. The van der Waals surface area contributed by atoms with Gasteiger partial charge >= 0.3 is 0 Å². The number of carbonyl (C=O) groups excluding carboxylic acids is 1. The molecule has 1 amide bonds. The average molecular weight is 443 g/mol. The topological polar surface area (TPSA) is 61.0 Å². The molecule has 5 nitrogen and oxygen atoms in total. The van der Waals surface area contributed by atoms with Crippen molar-refractivity contribution in [1.29, 1.82) is 0 Å². The van der Waals surface area contributed by atoms with E-state index < -0.39 is 0 Å². The summed E-state index contributed by atoms with van der Waals surface area (Å²) in [5.74, 6) is 0.888. The number of pyridine rings is 1. The maximum atomic E-state index is 13.0. The van der Waals surface area contributed by atoms with Crippen molar-refractivity contribution in [2.24, 2.45) is 0 Å². The number of nitrogens with zero attached hydrogens (tertiary/aromatic N) is 2.